The molecule has 0 bridgehead atoms. The van der Waals surface area contributed by atoms with Gasteiger partial charge in [0.15, 0.2) is 0 Å². The Labute approximate surface area is 173 Å². The fourth-order valence-corrected chi connectivity index (χ4v) is 3.34. The standard InChI is InChI=1S/C21H32O4S2/c1-4-21(2,3)11-5-12-24-19(22)17-7-9-18(10-8-17)20(23)25-13-6-15-27-16-14-26/h7-10,26H,4-6,11-16H2,1-3H3. The smallest absolute Gasteiger partial charge is 0.338 e. The van der Waals surface area contributed by atoms with Gasteiger partial charge < -0.3 is 9.47 Å². The van der Waals surface area contributed by atoms with Crippen LogP contribution in [-0.2, 0) is 9.47 Å². The molecule has 0 aliphatic carbocycles. The second-order valence-corrected chi connectivity index (χ2v) is 8.83. The van der Waals surface area contributed by atoms with Crippen LogP contribution in [0.3, 0.4) is 0 Å². The first-order valence-corrected chi connectivity index (χ1v) is 11.3. The summed E-state index contributed by atoms with van der Waals surface area (Å²) in [6, 6.07) is 6.43. The summed E-state index contributed by atoms with van der Waals surface area (Å²) in [6.07, 6.45) is 3.80. The van der Waals surface area contributed by atoms with Crippen molar-refractivity contribution in [1.82, 2.24) is 0 Å². The molecule has 1 rings (SSSR count). The fraction of sp³-hybridized carbons (Fsp3) is 0.619. The Kier molecular flexibility index (Phi) is 11.6. The van der Waals surface area contributed by atoms with Crippen molar-refractivity contribution < 1.29 is 19.1 Å². The van der Waals surface area contributed by atoms with Crippen LogP contribution in [0.4, 0.5) is 0 Å². The van der Waals surface area contributed by atoms with E-state index in [0.717, 1.165) is 42.9 Å². The maximum absolute atomic E-state index is 12.1. The van der Waals surface area contributed by atoms with Crippen molar-refractivity contribution >= 4 is 36.3 Å². The highest BCUT2D eigenvalue weighted by molar-refractivity contribution is 7.99. The molecule has 1 aromatic rings. The van der Waals surface area contributed by atoms with Crippen LogP contribution < -0.4 is 0 Å². The normalized spacial score (nSPS) is 11.3. The van der Waals surface area contributed by atoms with Crippen LogP contribution in [-0.4, -0.2) is 42.4 Å². The summed E-state index contributed by atoms with van der Waals surface area (Å²) in [5.74, 6) is 2.09. The minimum Gasteiger partial charge on any atom is -0.462 e. The van der Waals surface area contributed by atoms with E-state index in [1.54, 1.807) is 36.0 Å². The van der Waals surface area contributed by atoms with Crippen molar-refractivity contribution in [3.05, 3.63) is 35.4 Å². The van der Waals surface area contributed by atoms with E-state index in [4.69, 9.17) is 9.47 Å². The topological polar surface area (TPSA) is 52.6 Å². The number of ether oxygens (including phenoxy) is 2. The molecular formula is C21H32O4S2. The largest absolute Gasteiger partial charge is 0.462 e. The molecule has 0 saturated carbocycles. The summed E-state index contributed by atoms with van der Waals surface area (Å²) in [7, 11) is 0. The molecule has 152 valence electrons. The van der Waals surface area contributed by atoms with Crippen LogP contribution in [0.2, 0.25) is 0 Å². The van der Waals surface area contributed by atoms with E-state index < -0.39 is 0 Å². The number of carbonyl (C=O) groups is 2. The van der Waals surface area contributed by atoms with Gasteiger partial charge in [-0.05, 0) is 60.4 Å². The van der Waals surface area contributed by atoms with E-state index in [1.165, 1.54) is 0 Å². The number of thiol groups is 1. The van der Waals surface area contributed by atoms with Crippen molar-refractivity contribution in [3.8, 4) is 0 Å². The third kappa shape index (κ3) is 10.1. The SMILES string of the molecule is CCC(C)(C)CCCOC(=O)c1ccc(C(=O)OCCCSCCS)cc1. The first-order chi connectivity index (χ1) is 12.9. The summed E-state index contributed by atoms with van der Waals surface area (Å²) in [4.78, 5) is 24.1. The molecule has 27 heavy (non-hydrogen) atoms. The molecule has 0 atom stereocenters. The van der Waals surface area contributed by atoms with Crippen molar-refractivity contribution in [1.29, 1.82) is 0 Å². The molecule has 0 amide bonds. The molecule has 0 aliphatic rings. The summed E-state index contributed by atoms with van der Waals surface area (Å²) in [5.41, 5.74) is 1.17. The molecular weight excluding hydrogens is 380 g/mol. The maximum atomic E-state index is 12.1. The minimum absolute atomic E-state index is 0.277. The van der Waals surface area contributed by atoms with E-state index in [1.807, 2.05) is 0 Å². The van der Waals surface area contributed by atoms with Gasteiger partial charge in [-0.3, -0.25) is 0 Å². The van der Waals surface area contributed by atoms with Crippen molar-refractivity contribution in [3.63, 3.8) is 0 Å². The van der Waals surface area contributed by atoms with Gasteiger partial charge in [-0.15, -0.1) is 0 Å². The highest BCUT2D eigenvalue weighted by Crippen LogP contribution is 2.25. The Balaban J connectivity index is 2.33. The number of thioether (sulfide) groups is 1. The third-order valence-electron chi connectivity index (χ3n) is 4.45. The molecule has 0 N–H and O–H groups in total. The van der Waals surface area contributed by atoms with Crippen LogP contribution >= 0.6 is 24.4 Å². The zero-order chi connectivity index (χ0) is 20.1. The summed E-state index contributed by atoms with van der Waals surface area (Å²) in [5, 5.41) is 0. The Morgan fingerprint density at radius 3 is 1.96 bits per heavy atom. The molecule has 0 fully saturated rings. The first-order valence-electron chi connectivity index (χ1n) is 9.52. The average molecular weight is 413 g/mol. The van der Waals surface area contributed by atoms with Gasteiger partial charge in [0.25, 0.3) is 0 Å². The number of benzene rings is 1. The number of carbonyl (C=O) groups excluding carboxylic acids is 2. The van der Waals surface area contributed by atoms with Gasteiger partial charge >= 0.3 is 11.9 Å². The van der Waals surface area contributed by atoms with E-state index in [-0.39, 0.29) is 17.4 Å². The molecule has 0 unspecified atom stereocenters. The lowest BCUT2D eigenvalue weighted by Crippen LogP contribution is -2.13. The second-order valence-electron chi connectivity index (χ2n) is 7.16. The summed E-state index contributed by atoms with van der Waals surface area (Å²) >= 11 is 5.95. The van der Waals surface area contributed by atoms with Crippen LogP contribution in [0, 0.1) is 5.41 Å². The molecule has 4 nitrogen and oxygen atoms in total. The first kappa shape index (κ1) is 23.9. The van der Waals surface area contributed by atoms with Crippen LogP contribution in [0.5, 0.6) is 0 Å². The zero-order valence-corrected chi connectivity index (χ0v) is 18.4. The Morgan fingerprint density at radius 1 is 0.963 bits per heavy atom. The van der Waals surface area contributed by atoms with Gasteiger partial charge in [-0.25, -0.2) is 9.59 Å². The second kappa shape index (κ2) is 13.1. The number of hydrogen-bond donors (Lipinski definition) is 1. The minimum atomic E-state index is -0.365. The Hall–Kier alpha value is -1.14. The lowest BCUT2D eigenvalue weighted by atomic mass is 9.85. The van der Waals surface area contributed by atoms with Crippen LogP contribution in [0.1, 0.15) is 67.2 Å². The van der Waals surface area contributed by atoms with Crippen molar-refractivity contribution in [2.75, 3.05) is 30.5 Å². The van der Waals surface area contributed by atoms with Gasteiger partial charge in [-0.2, -0.15) is 24.4 Å². The predicted octanol–water partition coefficient (Wildman–Crippen LogP) is 5.27. The van der Waals surface area contributed by atoms with Gasteiger partial charge in [0, 0.05) is 5.75 Å². The summed E-state index contributed by atoms with van der Waals surface area (Å²) in [6.45, 7) is 7.41. The third-order valence-corrected chi connectivity index (χ3v) is 6.04. The molecule has 1 aromatic carbocycles. The van der Waals surface area contributed by atoms with Crippen LogP contribution in [0.25, 0.3) is 0 Å². The molecule has 0 heterocycles. The van der Waals surface area contributed by atoms with Gasteiger partial charge in [-0.1, -0.05) is 27.2 Å². The summed E-state index contributed by atoms with van der Waals surface area (Å²) < 4.78 is 10.6. The predicted molar refractivity (Wildman–Crippen MR) is 116 cm³/mol. The Morgan fingerprint density at radius 2 is 1.48 bits per heavy atom. The molecule has 0 aromatic heterocycles. The Bertz CT molecular complexity index is 570. The van der Waals surface area contributed by atoms with Crippen LogP contribution in [0.15, 0.2) is 24.3 Å². The molecule has 0 saturated heterocycles. The monoisotopic (exact) mass is 412 g/mol. The maximum Gasteiger partial charge on any atom is 0.338 e. The van der Waals surface area contributed by atoms with E-state index in [9.17, 15) is 9.59 Å². The average Bonchev–Trinajstić information content (AvgIpc) is 2.67. The molecule has 6 heteroatoms. The number of hydrogen-bond acceptors (Lipinski definition) is 6. The number of esters is 2. The van der Waals surface area contributed by atoms with Crippen molar-refractivity contribution in [2.45, 2.75) is 46.5 Å². The highest BCUT2D eigenvalue weighted by Gasteiger charge is 2.15. The van der Waals surface area contributed by atoms with Crippen molar-refractivity contribution in [2.24, 2.45) is 5.41 Å². The highest BCUT2D eigenvalue weighted by atomic mass is 32.2. The molecule has 0 spiro atoms. The van der Waals surface area contributed by atoms with E-state index >= 15 is 0 Å². The molecule has 0 radical (unpaired) electrons. The lowest BCUT2D eigenvalue weighted by molar-refractivity contribution is 0.0478. The quantitative estimate of drug-likeness (QED) is 0.272. The number of rotatable bonds is 13. The fourth-order valence-electron chi connectivity index (χ4n) is 2.29. The van der Waals surface area contributed by atoms with E-state index in [0.29, 0.717) is 24.3 Å². The lowest BCUT2D eigenvalue weighted by Gasteiger charge is -2.21. The molecule has 0 aliphatic heterocycles. The van der Waals surface area contributed by atoms with Gasteiger partial charge in [0.1, 0.15) is 0 Å². The van der Waals surface area contributed by atoms with E-state index in [2.05, 4.69) is 33.4 Å². The van der Waals surface area contributed by atoms with Gasteiger partial charge in [0.05, 0.1) is 24.3 Å². The van der Waals surface area contributed by atoms with Gasteiger partial charge in [0.2, 0.25) is 0 Å². The zero-order valence-electron chi connectivity index (χ0n) is 16.7.